The van der Waals surface area contributed by atoms with Crippen LogP contribution in [-0.2, 0) is 6.54 Å². The Labute approximate surface area is 81.1 Å². The van der Waals surface area contributed by atoms with Gasteiger partial charge in [-0.1, -0.05) is 24.9 Å². The predicted octanol–water partition coefficient (Wildman–Crippen LogP) is 2.03. The highest BCUT2D eigenvalue weighted by Crippen LogP contribution is 2.13. The number of aryl methyl sites for hydroxylation is 1. The van der Waals surface area contributed by atoms with Gasteiger partial charge in [-0.2, -0.15) is 5.10 Å². The molecule has 1 rings (SSSR count). The Hall–Kier alpha value is -1.03. The van der Waals surface area contributed by atoms with Crippen molar-refractivity contribution in [2.45, 2.75) is 26.3 Å². The third-order valence-electron chi connectivity index (χ3n) is 1.66. The number of hydrogen-bond donors (Lipinski definition) is 1. The van der Waals surface area contributed by atoms with Crippen molar-refractivity contribution < 1.29 is 9.90 Å². The minimum atomic E-state index is -1.08. The molecular weight excluding hydrogens is 192 g/mol. The van der Waals surface area contributed by atoms with Gasteiger partial charge in [0.25, 0.3) is 0 Å². The van der Waals surface area contributed by atoms with Gasteiger partial charge < -0.3 is 5.11 Å². The molecule has 0 fully saturated rings. The van der Waals surface area contributed by atoms with E-state index in [4.69, 9.17) is 16.7 Å². The second kappa shape index (κ2) is 4.28. The van der Waals surface area contributed by atoms with Crippen molar-refractivity contribution in [2.24, 2.45) is 0 Å². The van der Waals surface area contributed by atoms with Crippen molar-refractivity contribution in [2.75, 3.05) is 0 Å². The fraction of sp³-hybridized carbons (Fsp3) is 0.500. The van der Waals surface area contributed by atoms with Gasteiger partial charge in [0.2, 0.25) is 0 Å². The summed E-state index contributed by atoms with van der Waals surface area (Å²) >= 11 is 5.65. The Kier molecular flexibility index (Phi) is 3.31. The second-order valence-corrected chi connectivity index (χ2v) is 3.15. The van der Waals surface area contributed by atoms with Gasteiger partial charge in [0.05, 0.1) is 5.02 Å². The van der Waals surface area contributed by atoms with Gasteiger partial charge in [-0.05, 0) is 6.42 Å². The summed E-state index contributed by atoms with van der Waals surface area (Å²) in [5, 5.41) is 12.7. The molecule has 0 radical (unpaired) electrons. The molecule has 0 aliphatic carbocycles. The van der Waals surface area contributed by atoms with Crippen LogP contribution in [0.25, 0.3) is 0 Å². The lowest BCUT2D eigenvalue weighted by Crippen LogP contribution is -2.02. The molecule has 0 amide bonds. The highest BCUT2D eigenvalue weighted by molar-refractivity contribution is 6.33. The van der Waals surface area contributed by atoms with E-state index < -0.39 is 5.97 Å². The van der Waals surface area contributed by atoms with Crippen LogP contribution in [0.15, 0.2) is 6.20 Å². The first-order chi connectivity index (χ1) is 6.15. The standard InChI is InChI=1S/C8H11ClN2O2/c1-2-3-4-11-5-6(9)7(10-11)8(12)13/h5H,2-4H2,1H3,(H,12,13). The number of aromatic carboxylic acids is 1. The quantitative estimate of drug-likeness (QED) is 0.813. The largest absolute Gasteiger partial charge is 0.476 e. The van der Waals surface area contributed by atoms with Crippen LogP contribution in [0.3, 0.4) is 0 Å². The molecule has 1 heterocycles. The van der Waals surface area contributed by atoms with E-state index in [0.717, 1.165) is 12.8 Å². The molecular formula is C8H11ClN2O2. The highest BCUT2D eigenvalue weighted by Gasteiger charge is 2.13. The number of rotatable bonds is 4. The zero-order valence-electron chi connectivity index (χ0n) is 7.33. The van der Waals surface area contributed by atoms with E-state index in [-0.39, 0.29) is 10.7 Å². The maximum atomic E-state index is 10.5. The van der Waals surface area contributed by atoms with Crippen LogP contribution in [0.2, 0.25) is 5.02 Å². The van der Waals surface area contributed by atoms with Gasteiger partial charge in [0.1, 0.15) is 0 Å². The SMILES string of the molecule is CCCCn1cc(Cl)c(C(=O)O)n1. The molecule has 13 heavy (non-hydrogen) atoms. The number of aromatic nitrogens is 2. The Morgan fingerprint density at radius 3 is 2.92 bits per heavy atom. The second-order valence-electron chi connectivity index (χ2n) is 2.75. The maximum Gasteiger partial charge on any atom is 0.357 e. The van der Waals surface area contributed by atoms with E-state index in [9.17, 15) is 4.79 Å². The summed E-state index contributed by atoms with van der Waals surface area (Å²) in [6.07, 6.45) is 3.55. The molecule has 0 aliphatic rings. The third-order valence-corrected chi connectivity index (χ3v) is 1.94. The number of carbonyl (C=O) groups is 1. The van der Waals surface area contributed by atoms with Crippen LogP contribution in [0.4, 0.5) is 0 Å². The Balaban J connectivity index is 2.76. The van der Waals surface area contributed by atoms with Crippen molar-refractivity contribution in [3.05, 3.63) is 16.9 Å². The first-order valence-corrected chi connectivity index (χ1v) is 4.49. The molecule has 1 aromatic heterocycles. The van der Waals surface area contributed by atoms with Crippen molar-refractivity contribution in [1.82, 2.24) is 9.78 Å². The van der Waals surface area contributed by atoms with E-state index in [1.54, 1.807) is 10.9 Å². The number of halogens is 1. The summed E-state index contributed by atoms with van der Waals surface area (Å²) in [6, 6.07) is 0. The normalized spacial score (nSPS) is 10.3. The number of nitrogens with zero attached hydrogens (tertiary/aromatic N) is 2. The molecule has 5 heteroatoms. The Bertz CT molecular complexity index is 309. The minimum Gasteiger partial charge on any atom is -0.476 e. The Morgan fingerprint density at radius 2 is 2.46 bits per heavy atom. The van der Waals surface area contributed by atoms with Gasteiger partial charge in [-0.3, -0.25) is 4.68 Å². The molecule has 1 N–H and O–H groups in total. The van der Waals surface area contributed by atoms with E-state index in [1.165, 1.54) is 0 Å². The van der Waals surface area contributed by atoms with Gasteiger partial charge >= 0.3 is 5.97 Å². The van der Waals surface area contributed by atoms with Crippen molar-refractivity contribution >= 4 is 17.6 Å². The molecule has 0 bridgehead atoms. The monoisotopic (exact) mass is 202 g/mol. The van der Waals surface area contributed by atoms with Gasteiger partial charge in [-0.15, -0.1) is 0 Å². The topological polar surface area (TPSA) is 55.1 Å². The van der Waals surface area contributed by atoms with E-state index in [0.29, 0.717) is 6.54 Å². The third kappa shape index (κ3) is 2.45. The molecule has 0 saturated carbocycles. The lowest BCUT2D eigenvalue weighted by atomic mass is 10.3. The molecule has 0 aliphatic heterocycles. The number of unbranched alkanes of at least 4 members (excludes halogenated alkanes) is 1. The van der Waals surface area contributed by atoms with Crippen LogP contribution >= 0.6 is 11.6 Å². The van der Waals surface area contributed by atoms with Crippen molar-refractivity contribution in [3.63, 3.8) is 0 Å². The van der Waals surface area contributed by atoms with Crippen LogP contribution in [-0.4, -0.2) is 20.9 Å². The van der Waals surface area contributed by atoms with Crippen LogP contribution in [0.1, 0.15) is 30.3 Å². The first kappa shape index (κ1) is 10.1. The lowest BCUT2D eigenvalue weighted by Gasteiger charge is -1.96. The first-order valence-electron chi connectivity index (χ1n) is 4.11. The average Bonchev–Trinajstić information content (AvgIpc) is 2.43. The average molecular weight is 203 g/mol. The van der Waals surface area contributed by atoms with E-state index in [2.05, 4.69) is 12.0 Å². The molecule has 0 spiro atoms. The molecule has 4 nitrogen and oxygen atoms in total. The van der Waals surface area contributed by atoms with Gasteiger partial charge in [-0.25, -0.2) is 4.79 Å². The van der Waals surface area contributed by atoms with Crippen LogP contribution < -0.4 is 0 Å². The molecule has 0 aromatic carbocycles. The fourth-order valence-corrected chi connectivity index (χ4v) is 1.21. The summed E-state index contributed by atoms with van der Waals surface area (Å²) in [5.41, 5.74) is -0.0715. The van der Waals surface area contributed by atoms with E-state index >= 15 is 0 Å². The van der Waals surface area contributed by atoms with Crippen molar-refractivity contribution in [1.29, 1.82) is 0 Å². The molecule has 0 unspecified atom stereocenters. The smallest absolute Gasteiger partial charge is 0.357 e. The number of hydrogen-bond acceptors (Lipinski definition) is 2. The molecule has 0 saturated heterocycles. The maximum absolute atomic E-state index is 10.5. The Morgan fingerprint density at radius 1 is 1.77 bits per heavy atom. The molecule has 1 aromatic rings. The zero-order chi connectivity index (χ0) is 9.84. The predicted molar refractivity (Wildman–Crippen MR) is 49.1 cm³/mol. The summed E-state index contributed by atoms with van der Waals surface area (Å²) in [5.74, 6) is -1.08. The molecule has 72 valence electrons. The summed E-state index contributed by atoms with van der Waals surface area (Å²) in [4.78, 5) is 10.5. The zero-order valence-corrected chi connectivity index (χ0v) is 8.08. The summed E-state index contributed by atoms with van der Waals surface area (Å²) in [6.45, 7) is 2.77. The lowest BCUT2D eigenvalue weighted by molar-refractivity contribution is 0.0689. The van der Waals surface area contributed by atoms with E-state index in [1.807, 2.05) is 0 Å². The summed E-state index contributed by atoms with van der Waals surface area (Å²) in [7, 11) is 0. The van der Waals surface area contributed by atoms with Gasteiger partial charge in [0.15, 0.2) is 5.69 Å². The molecule has 0 atom stereocenters. The summed E-state index contributed by atoms with van der Waals surface area (Å²) < 4.78 is 1.56. The van der Waals surface area contributed by atoms with Crippen molar-refractivity contribution in [3.8, 4) is 0 Å². The van der Waals surface area contributed by atoms with Gasteiger partial charge in [0, 0.05) is 12.7 Å². The van der Waals surface area contributed by atoms with Crippen LogP contribution in [0.5, 0.6) is 0 Å². The van der Waals surface area contributed by atoms with Crippen LogP contribution in [0, 0.1) is 0 Å². The minimum absolute atomic E-state index is 0.0715. The number of carboxylic acids is 1. The highest BCUT2D eigenvalue weighted by atomic mass is 35.5. The fourth-order valence-electron chi connectivity index (χ4n) is 0.977. The number of carboxylic acid groups (broad SMARTS) is 1.